The lowest BCUT2D eigenvalue weighted by molar-refractivity contribution is 1.07. The van der Waals surface area contributed by atoms with Crippen molar-refractivity contribution in [3.63, 3.8) is 0 Å². The Hall–Kier alpha value is -5.13. The van der Waals surface area contributed by atoms with Gasteiger partial charge in [0.15, 0.2) is 17.5 Å². The highest BCUT2D eigenvalue weighted by atomic mass is 32.1. The monoisotopic (exact) mass is 552 g/mol. The first-order chi connectivity index (χ1) is 20.3. The summed E-state index contributed by atoms with van der Waals surface area (Å²) >= 11 is 1.85. The Labute approximate surface area is 249 Å². The average Bonchev–Trinajstić information content (AvgIpc) is 3.44. The molecule has 0 unspecified atom stereocenters. The molecule has 2 aromatic heterocycles. The van der Waals surface area contributed by atoms with Gasteiger partial charge in [-0.3, -0.25) is 0 Å². The lowest BCUT2D eigenvalue weighted by Gasteiger charge is -2.12. The minimum Gasteiger partial charge on any atom is -0.208 e. The van der Waals surface area contributed by atoms with Crippen molar-refractivity contribution in [2.24, 2.45) is 0 Å². The summed E-state index contributed by atoms with van der Waals surface area (Å²) in [5, 5.41) is 5.17. The van der Waals surface area contributed by atoms with E-state index in [-0.39, 0.29) is 8.41 Å². The van der Waals surface area contributed by atoms with E-state index in [9.17, 15) is 0 Å². The van der Waals surface area contributed by atoms with E-state index in [4.69, 9.17) is 15.0 Å². The maximum atomic E-state index is 4.96. The third-order valence-electron chi connectivity index (χ3n) is 7.52. The third-order valence-corrected chi connectivity index (χ3v) is 8.63. The number of hydrogen-bond acceptors (Lipinski definition) is 4. The number of fused-ring (bicyclic) bond motifs is 5. The van der Waals surface area contributed by atoms with Gasteiger partial charge in [0, 0.05) is 45.3 Å². The fourth-order valence-electron chi connectivity index (χ4n) is 5.59. The Balaban J connectivity index is 0.00000288. The first-order valence-corrected chi connectivity index (χ1v) is 14.4. The molecule has 0 N–H and O–H groups in total. The Bertz CT molecular complexity index is 2150. The van der Waals surface area contributed by atoms with Gasteiger partial charge < -0.3 is 0 Å². The van der Waals surface area contributed by atoms with Crippen LogP contribution in [0.25, 0.3) is 76.2 Å². The molecule has 8 aromatic rings. The maximum Gasteiger partial charge on any atom is 0.164 e. The van der Waals surface area contributed by atoms with Crippen LogP contribution in [0.4, 0.5) is 0 Å². The van der Waals surface area contributed by atoms with E-state index in [2.05, 4.69) is 78.9 Å². The first kappa shape index (κ1) is 25.8. The van der Waals surface area contributed by atoms with Crippen LogP contribution in [0.15, 0.2) is 140 Å². The molecule has 6 aromatic carbocycles. The zero-order valence-electron chi connectivity index (χ0n) is 22.6. The molecular weight excluding hydrogens is 529 g/mol. The molecule has 0 aliphatic rings. The molecule has 0 aliphatic carbocycles. The summed E-state index contributed by atoms with van der Waals surface area (Å²) in [6.45, 7) is 0. The van der Waals surface area contributed by atoms with Gasteiger partial charge in [0.2, 0.25) is 0 Å². The minimum atomic E-state index is 0. The third kappa shape index (κ3) is 4.45. The second kappa shape index (κ2) is 10.7. The van der Waals surface area contributed by atoms with Crippen LogP contribution in [0.1, 0.15) is 0 Å². The van der Waals surface area contributed by atoms with Crippen LogP contribution in [0.5, 0.6) is 0 Å². The molecule has 2 heterocycles. The van der Waals surface area contributed by atoms with E-state index in [0.29, 0.717) is 17.5 Å². The molecule has 3 nitrogen and oxygen atoms in total. The lowest BCUT2D eigenvalue weighted by Crippen LogP contribution is -2.00. The van der Waals surface area contributed by atoms with Crippen LogP contribution in [0.3, 0.4) is 0 Å². The van der Waals surface area contributed by atoms with E-state index < -0.39 is 0 Å². The molecule has 3 radical (unpaired) electrons. The van der Waals surface area contributed by atoms with Crippen molar-refractivity contribution < 1.29 is 0 Å². The van der Waals surface area contributed by atoms with Gasteiger partial charge >= 0.3 is 0 Å². The molecule has 195 valence electrons. The summed E-state index contributed by atoms with van der Waals surface area (Å²) in [6.07, 6.45) is 0. The van der Waals surface area contributed by atoms with Crippen LogP contribution >= 0.6 is 11.3 Å². The minimum absolute atomic E-state index is 0. The lowest BCUT2D eigenvalue weighted by atomic mass is 9.94. The van der Waals surface area contributed by atoms with Crippen LogP contribution in [0, 0.1) is 0 Å². The Morgan fingerprint density at radius 2 is 0.881 bits per heavy atom. The highest BCUT2D eigenvalue weighted by Gasteiger charge is 2.16. The zero-order valence-corrected chi connectivity index (χ0v) is 23.4. The average molecular weight is 552 g/mol. The molecule has 8 rings (SSSR count). The van der Waals surface area contributed by atoms with Gasteiger partial charge in [-0.15, -0.1) is 11.3 Å². The predicted molar refractivity (Wildman–Crippen MR) is 178 cm³/mol. The van der Waals surface area contributed by atoms with E-state index in [0.717, 1.165) is 22.3 Å². The van der Waals surface area contributed by atoms with Gasteiger partial charge in [0.25, 0.3) is 0 Å². The molecule has 0 saturated heterocycles. The van der Waals surface area contributed by atoms with Gasteiger partial charge in [-0.1, -0.05) is 121 Å². The molecule has 5 heteroatoms. The molecule has 0 saturated carbocycles. The number of nitrogens with zero attached hydrogens (tertiary/aromatic N) is 3. The second-order valence-corrected chi connectivity index (χ2v) is 11.1. The normalized spacial score (nSPS) is 11.1. The highest BCUT2D eigenvalue weighted by molar-refractivity contribution is 7.26. The zero-order chi connectivity index (χ0) is 27.2. The first-order valence-electron chi connectivity index (χ1n) is 13.6. The Kier molecular flexibility index (Phi) is 6.57. The summed E-state index contributed by atoms with van der Waals surface area (Å²) in [5.41, 5.74) is 5.24. The van der Waals surface area contributed by atoms with Crippen molar-refractivity contribution in [3.8, 4) is 45.3 Å². The largest absolute Gasteiger partial charge is 0.208 e. The summed E-state index contributed by atoms with van der Waals surface area (Å²) in [7, 11) is 0. The molecule has 0 atom stereocenters. The van der Waals surface area contributed by atoms with Crippen LogP contribution < -0.4 is 0 Å². The number of aromatic nitrogens is 3. The van der Waals surface area contributed by atoms with E-state index in [1.807, 2.05) is 72.0 Å². The summed E-state index contributed by atoms with van der Waals surface area (Å²) in [6, 6.07) is 48.6. The SMILES string of the molecule is [B].c1ccc(-c2nc(-c3ccccc3)nc(-c3cccc(-c4cc5sc6ccccc6c5c5ccccc45)c3)n2)cc1. The van der Waals surface area contributed by atoms with Gasteiger partial charge in [-0.05, 0) is 40.1 Å². The van der Waals surface area contributed by atoms with Crippen LogP contribution in [-0.4, -0.2) is 23.4 Å². The molecular formula is C37H23BN3S. The molecule has 42 heavy (non-hydrogen) atoms. The number of thiophene rings is 1. The summed E-state index contributed by atoms with van der Waals surface area (Å²) in [5.74, 6) is 1.99. The van der Waals surface area contributed by atoms with Crippen molar-refractivity contribution in [3.05, 3.63) is 140 Å². The number of hydrogen-bond donors (Lipinski definition) is 0. The fraction of sp³-hybridized carbons (Fsp3) is 0. The smallest absolute Gasteiger partial charge is 0.164 e. The number of benzene rings is 6. The van der Waals surface area contributed by atoms with Crippen LogP contribution in [-0.2, 0) is 0 Å². The van der Waals surface area contributed by atoms with E-state index in [1.165, 1.54) is 36.5 Å². The van der Waals surface area contributed by atoms with Crippen molar-refractivity contribution in [1.29, 1.82) is 0 Å². The van der Waals surface area contributed by atoms with Gasteiger partial charge in [0.1, 0.15) is 0 Å². The van der Waals surface area contributed by atoms with Gasteiger partial charge in [0.05, 0.1) is 0 Å². The van der Waals surface area contributed by atoms with E-state index in [1.54, 1.807) is 0 Å². The van der Waals surface area contributed by atoms with Crippen molar-refractivity contribution >= 4 is 50.7 Å². The quantitative estimate of drug-likeness (QED) is 0.204. The van der Waals surface area contributed by atoms with E-state index >= 15 is 0 Å². The number of rotatable bonds is 4. The molecule has 0 aliphatic heterocycles. The molecule has 0 amide bonds. The van der Waals surface area contributed by atoms with Gasteiger partial charge in [-0.25, -0.2) is 15.0 Å². The summed E-state index contributed by atoms with van der Waals surface area (Å²) in [4.78, 5) is 14.8. The molecule has 0 fully saturated rings. The fourth-order valence-corrected chi connectivity index (χ4v) is 6.75. The maximum absolute atomic E-state index is 4.96. The van der Waals surface area contributed by atoms with Crippen molar-refractivity contribution in [1.82, 2.24) is 15.0 Å². The van der Waals surface area contributed by atoms with Gasteiger partial charge in [-0.2, -0.15) is 0 Å². The Morgan fingerprint density at radius 1 is 0.381 bits per heavy atom. The van der Waals surface area contributed by atoms with Crippen molar-refractivity contribution in [2.75, 3.05) is 0 Å². The molecule has 0 bridgehead atoms. The standard InChI is InChI=1S/C37H23N3S.B/c1-3-12-24(13-4-1)35-38-36(25-14-5-2-6-15-25)40-37(39-35)27-17-11-16-26(22-27)31-23-33-34(29-19-8-7-18-28(29)31)30-20-9-10-21-32(30)41-33;/h1-23H;. The topological polar surface area (TPSA) is 38.7 Å². The molecule has 0 spiro atoms. The predicted octanol–water partition coefficient (Wildman–Crippen LogP) is 9.68. The highest BCUT2D eigenvalue weighted by Crippen LogP contribution is 2.43. The van der Waals surface area contributed by atoms with Crippen LogP contribution in [0.2, 0.25) is 0 Å². The Morgan fingerprint density at radius 3 is 1.55 bits per heavy atom. The van der Waals surface area contributed by atoms with Crippen molar-refractivity contribution in [2.45, 2.75) is 0 Å². The summed E-state index contributed by atoms with van der Waals surface area (Å²) < 4.78 is 2.61. The second-order valence-electron chi connectivity index (χ2n) is 10.1.